The monoisotopic (exact) mass is 561 g/mol. The van der Waals surface area contributed by atoms with Gasteiger partial charge >= 0.3 is 6.03 Å². The van der Waals surface area contributed by atoms with Crippen molar-refractivity contribution in [3.63, 3.8) is 0 Å². The maximum Gasteiger partial charge on any atom is 0.320 e. The summed E-state index contributed by atoms with van der Waals surface area (Å²) in [5.74, 6) is -1.89. The molecule has 1 saturated heterocycles. The zero-order valence-electron chi connectivity index (χ0n) is 22.8. The molecular formula is C28H37F2N5O5. The molecule has 2 amide bonds. The molecule has 1 aliphatic carbocycles. The summed E-state index contributed by atoms with van der Waals surface area (Å²) < 4.78 is 40.3. The lowest BCUT2D eigenvalue weighted by Crippen LogP contribution is -2.42. The second-order valence-corrected chi connectivity index (χ2v) is 10.1. The minimum absolute atomic E-state index is 0.0562. The van der Waals surface area contributed by atoms with Gasteiger partial charge in [0.2, 0.25) is 5.88 Å². The van der Waals surface area contributed by atoms with E-state index in [0.29, 0.717) is 43.2 Å². The first-order valence-corrected chi connectivity index (χ1v) is 13.4. The fourth-order valence-corrected chi connectivity index (χ4v) is 4.89. The van der Waals surface area contributed by atoms with E-state index in [9.17, 15) is 23.8 Å². The molecule has 10 nitrogen and oxygen atoms in total. The van der Waals surface area contributed by atoms with Gasteiger partial charge in [-0.05, 0) is 43.5 Å². The quantitative estimate of drug-likeness (QED) is 0.315. The standard InChI is InChI=1S/C28H37F2N5O5/c1-18-26(35(21-6-4-3-5-7-21)33-27(18)40-17-19(15-36)16-37)32-28(38)31-25-14-34(10-11-39-2)13-22(25)20-8-9-23(29)24(30)12-20/h4,6-9,12,19,22,25,36-37H,3,5,10-11,13-17H2,1-2H3,(H2,31,32,38)/t22-,25+/m0/s1. The van der Waals surface area contributed by atoms with Crippen LogP contribution in [0.25, 0.3) is 5.70 Å². The number of nitrogens with zero attached hydrogens (tertiary/aromatic N) is 3. The fraction of sp³-hybridized carbons (Fsp3) is 0.500. The Labute approximate surface area is 232 Å². The molecule has 4 rings (SSSR count). The first kappa shape index (κ1) is 29.7. The molecule has 0 unspecified atom stereocenters. The van der Waals surface area contributed by atoms with E-state index in [0.717, 1.165) is 24.6 Å². The number of nitrogens with one attached hydrogen (secondary N) is 2. The number of methoxy groups -OCH3 is 1. The Hall–Kier alpha value is -3.32. The number of rotatable bonds is 12. The minimum Gasteiger partial charge on any atom is -0.476 e. The first-order chi connectivity index (χ1) is 19.3. The van der Waals surface area contributed by atoms with E-state index in [2.05, 4.69) is 20.6 Å². The van der Waals surface area contributed by atoms with Gasteiger partial charge in [-0.3, -0.25) is 10.2 Å². The Morgan fingerprint density at radius 1 is 1.20 bits per heavy atom. The molecule has 2 heterocycles. The number of ether oxygens (including phenoxy) is 2. The van der Waals surface area contributed by atoms with Crippen molar-refractivity contribution in [2.75, 3.05) is 58.5 Å². The normalized spacial score (nSPS) is 19.2. The molecule has 2 aromatic rings. The number of hydrogen-bond donors (Lipinski definition) is 4. The van der Waals surface area contributed by atoms with Gasteiger partial charge in [0.1, 0.15) is 5.82 Å². The summed E-state index contributed by atoms with van der Waals surface area (Å²) >= 11 is 0. The smallest absolute Gasteiger partial charge is 0.320 e. The topological polar surface area (TPSA) is 121 Å². The molecular weight excluding hydrogens is 524 g/mol. The van der Waals surface area contributed by atoms with Crippen molar-refractivity contribution >= 4 is 17.5 Å². The molecule has 218 valence electrons. The van der Waals surface area contributed by atoms with Crippen molar-refractivity contribution in [1.29, 1.82) is 0 Å². The molecule has 0 saturated carbocycles. The third-order valence-electron chi connectivity index (χ3n) is 7.20. The van der Waals surface area contributed by atoms with Gasteiger partial charge in [-0.1, -0.05) is 18.2 Å². The number of aliphatic hydroxyl groups is 2. The van der Waals surface area contributed by atoms with E-state index in [4.69, 9.17) is 9.47 Å². The summed E-state index contributed by atoms with van der Waals surface area (Å²) in [6.07, 6.45) is 7.66. The van der Waals surface area contributed by atoms with E-state index in [1.165, 1.54) is 6.07 Å². The number of carbonyl (C=O) groups is 1. The molecule has 12 heteroatoms. The summed E-state index contributed by atoms with van der Waals surface area (Å²) in [5.41, 5.74) is 1.95. The number of anilines is 1. The SMILES string of the molecule is COCCN1C[C@@H](NC(=O)Nc2c(C)c(OCC(CO)CO)nn2C2=CCCC=C2)[C@H](c2ccc(F)c(F)c2)C1. The molecule has 1 fully saturated rings. The highest BCUT2D eigenvalue weighted by molar-refractivity contribution is 5.90. The van der Waals surface area contributed by atoms with Crippen molar-refractivity contribution in [3.8, 4) is 5.88 Å². The number of allylic oxidation sites excluding steroid dienone is 4. The van der Waals surface area contributed by atoms with Crippen molar-refractivity contribution in [1.82, 2.24) is 20.0 Å². The van der Waals surface area contributed by atoms with Crippen molar-refractivity contribution < 1.29 is 33.3 Å². The maximum absolute atomic E-state index is 14.1. The summed E-state index contributed by atoms with van der Waals surface area (Å²) in [6.45, 7) is 3.53. The van der Waals surface area contributed by atoms with Crippen LogP contribution < -0.4 is 15.4 Å². The van der Waals surface area contributed by atoms with E-state index in [1.807, 2.05) is 18.2 Å². The van der Waals surface area contributed by atoms with E-state index in [1.54, 1.807) is 24.8 Å². The molecule has 2 atom stereocenters. The predicted molar refractivity (Wildman–Crippen MR) is 146 cm³/mol. The molecule has 4 N–H and O–H groups in total. The van der Waals surface area contributed by atoms with Gasteiger partial charge in [0.05, 0.1) is 43.7 Å². The second kappa shape index (κ2) is 13.8. The van der Waals surface area contributed by atoms with Crippen molar-refractivity contribution in [2.45, 2.75) is 31.7 Å². The first-order valence-electron chi connectivity index (χ1n) is 13.4. The van der Waals surface area contributed by atoms with Crippen molar-refractivity contribution in [3.05, 3.63) is 59.2 Å². The number of carbonyl (C=O) groups excluding carboxylic acids is 1. The highest BCUT2D eigenvalue weighted by Gasteiger charge is 2.35. The van der Waals surface area contributed by atoms with E-state index in [-0.39, 0.29) is 37.7 Å². The summed E-state index contributed by atoms with van der Waals surface area (Å²) in [5, 5.41) is 29.3. The van der Waals surface area contributed by atoms with Crippen LogP contribution >= 0.6 is 0 Å². The molecule has 0 spiro atoms. The Morgan fingerprint density at radius 2 is 2.00 bits per heavy atom. The Balaban J connectivity index is 1.55. The third-order valence-corrected chi connectivity index (χ3v) is 7.20. The lowest BCUT2D eigenvalue weighted by atomic mass is 9.94. The summed E-state index contributed by atoms with van der Waals surface area (Å²) in [6, 6.07) is 2.98. The van der Waals surface area contributed by atoms with Gasteiger partial charge in [0, 0.05) is 38.6 Å². The van der Waals surface area contributed by atoms with Gasteiger partial charge in [-0.15, -0.1) is 5.10 Å². The number of halogens is 2. The van der Waals surface area contributed by atoms with Gasteiger partial charge in [-0.25, -0.2) is 18.3 Å². The van der Waals surface area contributed by atoms with Crippen LogP contribution in [-0.4, -0.2) is 90.1 Å². The van der Waals surface area contributed by atoms with Crippen LogP contribution in [0.2, 0.25) is 0 Å². The van der Waals surface area contributed by atoms with Crippen LogP contribution in [0.1, 0.15) is 29.9 Å². The number of hydrogen-bond acceptors (Lipinski definition) is 7. The van der Waals surface area contributed by atoms with Crippen LogP contribution in [0.4, 0.5) is 19.4 Å². The lowest BCUT2D eigenvalue weighted by Gasteiger charge is -2.21. The minimum atomic E-state index is -0.929. The van der Waals surface area contributed by atoms with Crippen LogP contribution in [0, 0.1) is 24.5 Å². The van der Waals surface area contributed by atoms with Gasteiger partial charge in [0.15, 0.2) is 11.6 Å². The van der Waals surface area contributed by atoms with Crippen LogP contribution in [0.15, 0.2) is 36.4 Å². The average molecular weight is 562 g/mol. The zero-order valence-corrected chi connectivity index (χ0v) is 22.8. The van der Waals surface area contributed by atoms with Gasteiger partial charge < -0.3 is 25.0 Å². The number of benzene rings is 1. The number of urea groups is 1. The number of likely N-dealkylation sites (tertiary alicyclic amines) is 1. The zero-order chi connectivity index (χ0) is 28.6. The van der Waals surface area contributed by atoms with Crippen LogP contribution in [0.3, 0.4) is 0 Å². The van der Waals surface area contributed by atoms with Gasteiger partial charge in [-0.2, -0.15) is 0 Å². The highest BCUT2D eigenvalue weighted by atomic mass is 19.2. The largest absolute Gasteiger partial charge is 0.476 e. The van der Waals surface area contributed by atoms with E-state index >= 15 is 0 Å². The third kappa shape index (κ3) is 7.05. The van der Waals surface area contributed by atoms with Gasteiger partial charge in [0.25, 0.3) is 0 Å². The predicted octanol–water partition coefficient (Wildman–Crippen LogP) is 2.88. The molecule has 0 bridgehead atoms. The molecule has 2 aliphatic rings. The van der Waals surface area contributed by atoms with Crippen LogP contribution in [-0.2, 0) is 4.74 Å². The molecule has 1 aliphatic heterocycles. The summed E-state index contributed by atoms with van der Waals surface area (Å²) in [4.78, 5) is 15.5. The van der Waals surface area contributed by atoms with E-state index < -0.39 is 23.6 Å². The Kier molecular flexibility index (Phi) is 10.3. The Morgan fingerprint density at radius 3 is 2.67 bits per heavy atom. The fourth-order valence-electron chi connectivity index (χ4n) is 4.89. The number of amides is 2. The summed E-state index contributed by atoms with van der Waals surface area (Å²) in [7, 11) is 1.61. The second-order valence-electron chi connectivity index (χ2n) is 10.1. The van der Waals surface area contributed by atoms with Crippen molar-refractivity contribution in [2.24, 2.45) is 5.92 Å². The Bertz CT molecular complexity index is 1230. The highest BCUT2D eigenvalue weighted by Crippen LogP contribution is 2.31. The maximum atomic E-state index is 14.1. The number of aromatic nitrogens is 2. The molecule has 1 aromatic carbocycles. The molecule has 1 aromatic heterocycles. The molecule has 40 heavy (non-hydrogen) atoms. The average Bonchev–Trinajstić information content (AvgIpc) is 3.50. The lowest BCUT2D eigenvalue weighted by molar-refractivity contribution is 0.104. The van der Waals surface area contributed by atoms with Crippen LogP contribution in [0.5, 0.6) is 5.88 Å². The molecule has 0 radical (unpaired) electrons. The number of aliphatic hydroxyl groups excluding tert-OH is 2.